The van der Waals surface area contributed by atoms with Gasteiger partial charge in [-0.25, -0.2) is 8.42 Å². The van der Waals surface area contributed by atoms with Crippen LogP contribution in [0.2, 0.25) is 0 Å². The smallest absolute Gasteiger partial charge is 0.304 e. The largest absolute Gasteiger partial charge is 0.496 e. The summed E-state index contributed by atoms with van der Waals surface area (Å²) in [7, 11) is -2.07. The second kappa shape index (κ2) is 4.03. The van der Waals surface area contributed by atoms with Crippen LogP contribution in [-0.2, 0) is 21.1 Å². The Kier molecular flexibility index (Phi) is 2.82. The van der Waals surface area contributed by atoms with Crippen molar-refractivity contribution >= 4 is 15.8 Å². The number of benzene rings is 1. The minimum absolute atomic E-state index is 0.197. The van der Waals surface area contributed by atoms with Crippen molar-refractivity contribution in [3.8, 4) is 5.75 Å². The molecule has 0 fully saturated rings. The minimum atomic E-state index is -3.53. The lowest BCUT2D eigenvalue weighted by atomic mass is 10.1. The van der Waals surface area contributed by atoms with Crippen molar-refractivity contribution < 1.29 is 23.1 Å². The highest BCUT2D eigenvalue weighted by atomic mass is 32.2. The maximum atomic E-state index is 12.1. The number of ether oxygens (including phenoxy) is 1. The first kappa shape index (κ1) is 11.9. The monoisotopic (exact) mass is 256 g/mol. The quantitative estimate of drug-likeness (QED) is 0.867. The molecule has 0 aliphatic carbocycles. The topological polar surface area (TPSA) is 80.7 Å². The zero-order valence-electron chi connectivity index (χ0n) is 9.21. The van der Waals surface area contributed by atoms with Crippen molar-refractivity contribution in [2.24, 2.45) is 0 Å². The molecule has 6 heteroatoms. The Balaban J connectivity index is 2.50. The van der Waals surface area contributed by atoms with Crippen LogP contribution in [0.1, 0.15) is 12.0 Å². The summed E-state index contributed by atoms with van der Waals surface area (Å²) in [6.07, 6.45) is -0.172. The average Bonchev–Trinajstić information content (AvgIpc) is 2.50. The Morgan fingerprint density at radius 1 is 1.53 bits per heavy atom. The molecule has 0 radical (unpaired) electrons. The van der Waals surface area contributed by atoms with Gasteiger partial charge in [-0.2, -0.15) is 0 Å². The average molecular weight is 256 g/mol. The fraction of sp³-hybridized carbons (Fsp3) is 0.364. The Morgan fingerprint density at radius 2 is 2.24 bits per heavy atom. The number of carboxylic acid groups (broad SMARTS) is 1. The van der Waals surface area contributed by atoms with Gasteiger partial charge in [-0.3, -0.25) is 4.79 Å². The minimum Gasteiger partial charge on any atom is -0.496 e. The predicted octanol–water partition coefficient (Wildman–Crippen LogP) is 0.868. The highest BCUT2D eigenvalue weighted by Crippen LogP contribution is 2.37. The molecule has 1 aliphatic heterocycles. The van der Waals surface area contributed by atoms with E-state index in [2.05, 4.69) is 0 Å². The van der Waals surface area contributed by atoms with E-state index in [1.54, 1.807) is 12.1 Å². The number of carbonyl (C=O) groups is 1. The van der Waals surface area contributed by atoms with Gasteiger partial charge in [-0.05, 0) is 18.6 Å². The second-order valence-electron chi connectivity index (χ2n) is 3.91. The van der Waals surface area contributed by atoms with E-state index in [4.69, 9.17) is 9.84 Å². The highest BCUT2D eigenvalue weighted by molar-refractivity contribution is 7.92. The third-order valence-corrected chi connectivity index (χ3v) is 5.10. The molecule has 1 aromatic rings. The first-order chi connectivity index (χ1) is 7.96. The summed E-state index contributed by atoms with van der Waals surface area (Å²) in [5.74, 6) is -0.607. The maximum absolute atomic E-state index is 12.1. The van der Waals surface area contributed by atoms with Gasteiger partial charge in [0, 0.05) is 5.56 Å². The molecule has 0 bridgehead atoms. The zero-order chi connectivity index (χ0) is 12.6. The van der Waals surface area contributed by atoms with Crippen LogP contribution in [0.15, 0.2) is 23.1 Å². The van der Waals surface area contributed by atoms with E-state index in [1.165, 1.54) is 13.2 Å². The van der Waals surface area contributed by atoms with Crippen molar-refractivity contribution in [2.75, 3.05) is 7.11 Å². The van der Waals surface area contributed by atoms with Crippen LogP contribution < -0.4 is 4.74 Å². The first-order valence-electron chi connectivity index (χ1n) is 5.08. The summed E-state index contributed by atoms with van der Waals surface area (Å²) >= 11 is 0. The molecule has 17 heavy (non-hydrogen) atoms. The van der Waals surface area contributed by atoms with E-state index in [9.17, 15) is 13.2 Å². The fourth-order valence-electron chi connectivity index (χ4n) is 2.10. The third kappa shape index (κ3) is 1.88. The van der Waals surface area contributed by atoms with Gasteiger partial charge < -0.3 is 9.84 Å². The Bertz CT molecular complexity index is 561. The molecule has 92 valence electrons. The summed E-state index contributed by atoms with van der Waals surface area (Å²) in [6.45, 7) is 0. The standard InChI is InChI=1S/C11H12O5S/c1-16-9-3-2-4-10-8(9)5-7(6-11(12)13)17(10,14)15/h2-4,7H,5-6H2,1H3,(H,12,13). The van der Waals surface area contributed by atoms with Crippen molar-refractivity contribution in [2.45, 2.75) is 23.0 Å². The predicted molar refractivity (Wildman–Crippen MR) is 59.9 cm³/mol. The molecular formula is C11H12O5S. The van der Waals surface area contributed by atoms with Crippen LogP contribution in [-0.4, -0.2) is 31.9 Å². The van der Waals surface area contributed by atoms with Gasteiger partial charge in [0.25, 0.3) is 0 Å². The molecule has 0 aromatic heterocycles. The highest BCUT2D eigenvalue weighted by Gasteiger charge is 2.39. The molecule has 1 N–H and O–H groups in total. The van der Waals surface area contributed by atoms with Gasteiger partial charge in [-0.1, -0.05) is 6.07 Å². The van der Waals surface area contributed by atoms with Crippen molar-refractivity contribution in [3.63, 3.8) is 0 Å². The van der Waals surface area contributed by atoms with Gasteiger partial charge in [-0.15, -0.1) is 0 Å². The fourth-order valence-corrected chi connectivity index (χ4v) is 4.00. The van der Waals surface area contributed by atoms with Gasteiger partial charge in [0.1, 0.15) is 5.75 Å². The summed E-state index contributed by atoms with van der Waals surface area (Å²) in [4.78, 5) is 10.9. The normalized spacial score (nSPS) is 20.9. The number of aliphatic carboxylic acids is 1. The first-order valence-corrected chi connectivity index (χ1v) is 6.63. The van der Waals surface area contributed by atoms with Gasteiger partial charge >= 0.3 is 5.97 Å². The number of sulfone groups is 1. The molecule has 1 unspecified atom stereocenters. The van der Waals surface area contributed by atoms with Crippen molar-refractivity contribution in [1.29, 1.82) is 0 Å². The second-order valence-corrected chi connectivity index (χ2v) is 6.10. The zero-order valence-corrected chi connectivity index (χ0v) is 10.0. The lowest BCUT2D eigenvalue weighted by Crippen LogP contribution is -2.20. The van der Waals surface area contributed by atoms with Crippen molar-refractivity contribution in [1.82, 2.24) is 0 Å². The van der Waals surface area contributed by atoms with Crippen LogP contribution >= 0.6 is 0 Å². The van der Waals surface area contributed by atoms with Crippen LogP contribution in [0.3, 0.4) is 0 Å². The number of rotatable bonds is 3. The van der Waals surface area contributed by atoms with E-state index in [0.717, 1.165) is 0 Å². The molecule has 2 rings (SSSR count). The molecule has 1 heterocycles. The van der Waals surface area contributed by atoms with Crippen LogP contribution in [0.4, 0.5) is 0 Å². The molecule has 5 nitrogen and oxygen atoms in total. The summed E-state index contributed by atoms with van der Waals surface area (Å²) in [5, 5.41) is 7.83. The molecule has 1 atom stereocenters. The Labute approximate surface area is 98.9 Å². The third-order valence-electron chi connectivity index (χ3n) is 2.89. The number of fused-ring (bicyclic) bond motifs is 1. The summed E-state index contributed by atoms with van der Waals surface area (Å²) in [5.41, 5.74) is 0.584. The van der Waals surface area contributed by atoms with Crippen LogP contribution in [0.5, 0.6) is 5.75 Å². The number of hydrogen-bond donors (Lipinski definition) is 1. The molecule has 1 aromatic carbocycles. The van der Waals surface area contributed by atoms with Crippen LogP contribution in [0.25, 0.3) is 0 Å². The number of hydrogen-bond acceptors (Lipinski definition) is 4. The van der Waals surface area contributed by atoms with E-state index in [0.29, 0.717) is 11.3 Å². The molecule has 0 saturated carbocycles. The van der Waals surface area contributed by atoms with Gasteiger partial charge in [0.05, 0.1) is 23.7 Å². The molecule has 0 spiro atoms. The van der Waals surface area contributed by atoms with E-state index in [1.807, 2.05) is 0 Å². The summed E-state index contributed by atoms with van der Waals surface area (Å²) < 4.78 is 29.2. The SMILES string of the molecule is COc1cccc2c1CC(CC(=O)O)S2(=O)=O. The Hall–Kier alpha value is -1.56. The van der Waals surface area contributed by atoms with Crippen molar-refractivity contribution in [3.05, 3.63) is 23.8 Å². The molecular weight excluding hydrogens is 244 g/mol. The van der Waals surface area contributed by atoms with Crippen LogP contribution in [0, 0.1) is 0 Å². The van der Waals surface area contributed by atoms with Gasteiger partial charge in [0.15, 0.2) is 9.84 Å². The summed E-state index contributed by atoms with van der Waals surface area (Å²) in [6, 6.07) is 4.77. The number of methoxy groups -OCH3 is 1. The number of carboxylic acids is 1. The lowest BCUT2D eigenvalue weighted by molar-refractivity contribution is -0.137. The molecule has 1 aliphatic rings. The Morgan fingerprint density at radius 3 is 2.82 bits per heavy atom. The molecule has 0 amide bonds. The van der Waals surface area contributed by atoms with E-state index >= 15 is 0 Å². The maximum Gasteiger partial charge on any atom is 0.304 e. The lowest BCUT2D eigenvalue weighted by Gasteiger charge is -2.04. The van der Waals surface area contributed by atoms with E-state index < -0.39 is 21.1 Å². The van der Waals surface area contributed by atoms with Gasteiger partial charge in [0.2, 0.25) is 0 Å². The molecule has 0 saturated heterocycles. The van der Waals surface area contributed by atoms with E-state index in [-0.39, 0.29) is 17.7 Å².